The number of hydrogen-bond acceptors (Lipinski definition) is 8. The van der Waals surface area contributed by atoms with E-state index in [1.165, 1.54) is 12.1 Å². The predicted octanol–water partition coefficient (Wildman–Crippen LogP) is 2.43. The van der Waals surface area contributed by atoms with Crippen LogP contribution in [-0.4, -0.2) is 51.9 Å². The van der Waals surface area contributed by atoms with Gasteiger partial charge in [-0.25, -0.2) is 21.8 Å². The fourth-order valence-corrected chi connectivity index (χ4v) is 7.58. The van der Waals surface area contributed by atoms with E-state index in [-0.39, 0.29) is 20.0 Å². The van der Waals surface area contributed by atoms with Gasteiger partial charge in [0.05, 0.1) is 16.8 Å². The largest absolute Gasteiger partial charge is 0.393 e. The van der Waals surface area contributed by atoms with Crippen LogP contribution in [0.2, 0.25) is 0 Å². The first-order chi connectivity index (χ1) is 13.1. The molecule has 0 radical (unpaired) electrons. The lowest BCUT2D eigenvalue weighted by Crippen LogP contribution is -2.36. The number of piperidine rings is 1. The molecule has 0 bridgehead atoms. The Labute approximate surface area is 169 Å². The highest BCUT2D eigenvalue weighted by molar-refractivity contribution is 7.94. The zero-order valence-corrected chi connectivity index (χ0v) is 18.3. The molecule has 0 unspecified atom stereocenters. The molecule has 1 saturated heterocycles. The van der Waals surface area contributed by atoms with Gasteiger partial charge in [0.2, 0.25) is 24.0 Å². The number of hydrogen-bond donors (Lipinski definition) is 1. The summed E-state index contributed by atoms with van der Waals surface area (Å²) >= 11 is 0.905. The summed E-state index contributed by atoms with van der Waals surface area (Å²) in [4.78, 5) is 6.00. The molecule has 154 valence electrons. The van der Waals surface area contributed by atoms with Gasteiger partial charge < -0.3 is 10.0 Å². The van der Waals surface area contributed by atoms with Gasteiger partial charge >= 0.3 is 0 Å². The Morgan fingerprint density at radius 2 is 1.75 bits per heavy atom. The Kier molecular flexibility index (Phi) is 6.14. The van der Waals surface area contributed by atoms with Crippen molar-refractivity contribution < 1.29 is 21.9 Å². The molecular formula is C18H24N2O5S3. The van der Waals surface area contributed by atoms with E-state index in [0.717, 1.165) is 16.9 Å². The first-order valence-corrected chi connectivity index (χ1v) is 13.1. The molecule has 1 aromatic carbocycles. The smallest absolute Gasteiger partial charge is 0.226 e. The summed E-state index contributed by atoms with van der Waals surface area (Å²) in [5, 5.41) is 9.88. The second-order valence-corrected chi connectivity index (χ2v) is 12.1. The molecule has 28 heavy (non-hydrogen) atoms. The minimum absolute atomic E-state index is 0.0807. The van der Waals surface area contributed by atoms with E-state index in [2.05, 4.69) is 4.98 Å². The molecule has 0 atom stereocenters. The molecule has 2 heterocycles. The average Bonchev–Trinajstić information content (AvgIpc) is 3.10. The molecule has 0 spiro atoms. The third-order valence-corrected chi connectivity index (χ3v) is 9.94. The highest BCUT2D eigenvalue weighted by Crippen LogP contribution is 2.38. The highest BCUT2D eigenvalue weighted by Gasteiger charge is 2.33. The van der Waals surface area contributed by atoms with Crippen LogP contribution < -0.4 is 4.90 Å². The number of aliphatic hydroxyl groups excluding tert-OH is 1. The van der Waals surface area contributed by atoms with Gasteiger partial charge in [-0.05, 0) is 38.3 Å². The fourth-order valence-electron chi connectivity index (χ4n) is 3.04. The van der Waals surface area contributed by atoms with Crippen molar-refractivity contribution >= 4 is 36.0 Å². The van der Waals surface area contributed by atoms with E-state index in [9.17, 15) is 21.9 Å². The first kappa shape index (κ1) is 21.2. The Morgan fingerprint density at radius 3 is 2.32 bits per heavy atom. The van der Waals surface area contributed by atoms with E-state index < -0.39 is 25.8 Å². The highest BCUT2D eigenvalue weighted by atomic mass is 32.2. The maximum Gasteiger partial charge on any atom is 0.226 e. The van der Waals surface area contributed by atoms with Crippen molar-refractivity contribution in [3.05, 3.63) is 29.8 Å². The third kappa shape index (κ3) is 4.24. The number of aromatic nitrogens is 1. The molecule has 1 aliphatic rings. The summed E-state index contributed by atoms with van der Waals surface area (Å²) in [6.07, 6.45) is 0.995. The lowest BCUT2D eigenvalue weighted by Gasteiger charge is -2.30. The number of nitrogens with zero attached hydrogens (tertiary/aromatic N) is 2. The molecule has 10 heteroatoms. The summed E-state index contributed by atoms with van der Waals surface area (Å²) < 4.78 is 51.4. The van der Waals surface area contributed by atoms with Crippen LogP contribution in [0.1, 0.15) is 31.7 Å². The van der Waals surface area contributed by atoms with Crippen molar-refractivity contribution in [2.24, 2.45) is 0 Å². The summed E-state index contributed by atoms with van der Waals surface area (Å²) in [6.45, 7) is 4.52. The minimum Gasteiger partial charge on any atom is -0.393 e. The van der Waals surface area contributed by atoms with Gasteiger partial charge in [-0.1, -0.05) is 36.0 Å². The van der Waals surface area contributed by atoms with Gasteiger partial charge in [0.1, 0.15) is 5.00 Å². The molecule has 1 aliphatic heterocycles. The molecular weight excluding hydrogens is 420 g/mol. The number of rotatable bonds is 6. The van der Waals surface area contributed by atoms with Crippen LogP contribution in [0.3, 0.4) is 0 Å². The zero-order valence-electron chi connectivity index (χ0n) is 15.8. The second-order valence-electron chi connectivity index (χ2n) is 6.94. The van der Waals surface area contributed by atoms with E-state index >= 15 is 0 Å². The van der Waals surface area contributed by atoms with Crippen molar-refractivity contribution in [3.63, 3.8) is 0 Å². The maximum absolute atomic E-state index is 13.2. The van der Waals surface area contributed by atoms with Gasteiger partial charge in [0, 0.05) is 13.1 Å². The fraction of sp³-hybridized carbons (Fsp3) is 0.500. The van der Waals surface area contributed by atoms with Crippen molar-refractivity contribution in [1.29, 1.82) is 0 Å². The lowest BCUT2D eigenvalue weighted by molar-refractivity contribution is 0.145. The van der Waals surface area contributed by atoms with Crippen molar-refractivity contribution in [3.8, 4) is 0 Å². The van der Waals surface area contributed by atoms with Crippen molar-refractivity contribution in [2.45, 2.75) is 53.5 Å². The van der Waals surface area contributed by atoms with Gasteiger partial charge in [-0.15, -0.1) is 0 Å². The zero-order chi connectivity index (χ0) is 20.5. The molecule has 0 aliphatic carbocycles. The van der Waals surface area contributed by atoms with Crippen LogP contribution in [0.4, 0.5) is 5.00 Å². The number of aliphatic hydroxyl groups is 1. The molecule has 2 aromatic rings. The third-order valence-electron chi connectivity index (χ3n) is 4.64. The summed E-state index contributed by atoms with van der Waals surface area (Å²) in [6, 6.07) is 6.41. The standard InChI is InChI=1S/C18H24N2O5S3/c1-3-12-27(22,23)18-19-16(17(26-18)20-10-8-14(21)9-11-20)28(24,25)15-6-4-13(2)5-7-15/h4-7,14,21H,3,8-12H2,1-2H3. The van der Waals surface area contributed by atoms with Gasteiger partial charge in [-0.3, -0.25) is 0 Å². The quantitative estimate of drug-likeness (QED) is 0.729. The van der Waals surface area contributed by atoms with Crippen LogP contribution in [0.25, 0.3) is 0 Å². The molecule has 7 nitrogen and oxygen atoms in total. The average molecular weight is 445 g/mol. The van der Waals surface area contributed by atoms with Crippen LogP contribution in [-0.2, 0) is 19.7 Å². The number of benzene rings is 1. The Bertz CT molecular complexity index is 1040. The first-order valence-electron chi connectivity index (χ1n) is 9.13. The van der Waals surface area contributed by atoms with Gasteiger partial charge in [-0.2, -0.15) is 0 Å². The molecule has 0 saturated carbocycles. The Hall–Kier alpha value is -1.49. The number of aryl methyl sites for hydroxylation is 1. The maximum atomic E-state index is 13.2. The monoisotopic (exact) mass is 444 g/mol. The van der Waals surface area contributed by atoms with E-state index in [1.54, 1.807) is 19.1 Å². The topological polar surface area (TPSA) is 105 Å². The number of anilines is 1. The number of thiazole rings is 1. The summed E-state index contributed by atoms with van der Waals surface area (Å²) in [5.74, 6) is -0.0807. The van der Waals surface area contributed by atoms with E-state index in [0.29, 0.717) is 37.4 Å². The normalized spacial score (nSPS) is 16.5. The SMILES string of the molecule is CCCS(=O)(=O)c1nc(S(=O)(=O)c2ccc(C)cc2)c(N2CCC(O)CC2)s1. The molecule has 3 rings (SSSR count). The Balaban J connectivity index is 2.12. The molecule has 1 aromatic heterocycles. The number of sulfone groups is 2. The van der Waals surface area contributed by atoms with Crippen LogP contribution in [0.5, 0.6) is 0 Å². The van der Waals surface area contributed by atoms with Gasteiger partial charge in [0.25, 0.3) is 0 Å². The van der Waals surface area contributed by atoms with Crippen molar-refractivity contribution in [1.82, 2.24) is 4.98 Å². The van der Waals surface area contributed by atoms with Crippen LogP contribution in [0, 0.1) is 6.92 Å². The van der Waals surface area contributed by atoms with Crippen molar-refractivity contribution in [2.75, 3.05) is 23.7 Å². The van der Waals surface area contributed by atoms with Gasteiger partial charge in [0.15, 0.2) is 5.03 Å². The van der Waals surface area contributed by atoms with Crippen LogP contribution in [0.15, 0.2) is 38.5 Å². The minimum atomic E-state index is -3.97. The van der Waals surface area contributed by atoms with E-state index in [4.69, 9.17) is 0 Å². The van der Waals surface area contributed by atoms with E-state index in [1.807, 2.05) is 11.8 Å². The lowest BCUT2D eigenvalue weighted by atomic mass is 10.1. The summed E-state index contributed by atoms with van der Waals surface area (Å²) in [7, 11) is -7.62. The summed E-state index contributed by atoms with van der Waals surface area (Å²) in [5.41, 5.74) is 0.925. The molecule has 1 N–H and O–H groups in total. The Morgan fingerprint density at radius 1 is 1.14 bits per heavy atom. The predicted molar refractivity (Wildman–Crippen MR) is 109 cm³/mol. The molecule has 1 fully saturated rings. The van der Waals surface area contributed by atoms with Crippen LogP contribution >= 0.6 is 11.3 Å². The second kappa shape index (κ2) is 8.10. The molecule has 0 amide bonds.